The number of rotatable bonds is 2. The predicted octanol–water partition coefficient (Wildman–Crippen LogP) is 2.24. The molecule has 0 unspecified atom stereocenters. The van der Waals surface area contributed by atoms with E-state index < -0.39 is 27.3 Å². The van der Waals surface area contributed by atoms with Gasteiger partial charge in [0.1, 0.15) is 16.5 Å². The second-order valence-corrected chi connectivity index (χ2v) is 16.8. The van der Waals surface area contributed by atoms with Crippen molar-refractivity contribution in [2.45, 2.75) is 39.3 Å². The lowest BCUT2D eigenvalue weighted by Crippen LogP contribution is -2.55. The van der Waals surface area contributed by atoms with E-state index in [1.54, 1.807) is 12.5 Å². The van der Waals surface area contributed by atoms with E-state index in [0.29, 0.717) is 0 Å². The summed E-state index contributed by atoms with van der Waals surface area (Å²) in [5.41, 5.74) is 0. The van der Waals surface area contributed by atoms with Gasteiger partial charge in [-0.15, -0.1) is 0 Å². The fraction of sp³-hybridized carbons (Fsp3) is 1.00. The normalized spacial score (nSPS) is 12.4. The molecule has 0 fully saturated rings. The van der Waals surface area contributed by atoms with E-state index in [4.69, 9.17) is 0 Å². The van der Waals surface area contributed by atoms with Crippen LogP contribution >= 0.6 is 0 Å². The van der Waals surface area contributed by atoms with Crippen LogP contribution in [0.2, 0.25) is 39.3 Å². The fourth-order valence-corrected chi connectivity index (χ4v) is 10.1. The third-order valence-corrected chi connectivity index (χ3v) is 6.75. The highest BCUT2D eigenvalue weighted by Gasteiger charge is 2.22. The van der Waals surface area contributed by atoms with Gasteiger partial charge in [0.25, 0.3) is 0 Å². The van der Waals surface area contributed by atoms with Crippen molar-refractivity contribution in [3.05, 3.63) is 0 Å². The van der Waals surface area contributed by atoms with Gasteiger partial charge in [-0.2, -0.15) is 0 Å². The van der Waals surface area contributed by atoms with E-state index in [-0.39, 0.29) is 0 Å². The Kier molecular flexibility index (Phi) is 7.51. The topological polar surface area (TPSA) is 29.1 Å². The summed E-state index contributed by atoms with van der Waals surface area (Å²) in [6, 6.07) is 0. The Balaban J connectivity index is 0. The third kappa shape index (κ3) is 32.6. The average Bonchev–Trinajstić information content (AvgIpc) is 1.47. The van der Waals surface area contributed by atoms with Crippen molar-refractivity contribution in [1.29, 1.82) is 0 Å². The monoisotopic (exact) mass is 239 g/mol. The van der Waals surface area contributed by atoms with E-state index in [9.17, 15) is 4.21 Å². The Hall–Kier alpha value is 0.544. The van der Waals surface area contributed by atoms with Crippen LogP contribution < -0.4 is 4.65 Å². The Bertz CT molecular complexity index is 145. The first kappa shape index (κ1) is 16.0. The summed E-state index contributed by atoms with van der Waals surface area (Å²) >= 11 is 0. The van der Waals surface area contributed by atoms with Gasteiger partial charge in [0.2, 0.25) is 0 Å². The summed E-state index contributed by atoms with van der Waals surface area (Å²) in [6.07, 6.45) is 3.28. The molecule has 0 aromatic heterocycles. The van der Waals surface area contributed by atoms with Crippen LogP contribution in [0.15, 0.2) is 0 Å². The Labute approximate surface area is 88.1 Å². The quantitative estimate of drug-likeness (QED) is 0.749. The maximum atomic E-state index is 9.56. The van der Waals surface area contributed by atoms with Crippen LogP contribution in [0.3, 0.4) is 0 Å². The number of hydrogen-bond donors (Lipinski definition) is 1. The van der Waals surface area contributed by atoms with Gasteiger partial charge in [0, 0.05) is 23.3 Å². The van der Waals surface area contributed by atoms with Gasteiger partial charge in [0.15, 0.2) is 0 Å². The van der Waals surface area contributed by atoms with Crippen molar-refractivity contribution >= 4 is 27.3 Å². The third-order valence-electron chi connectivity index (χ3n) is 0.750. The van der Waals surface area contributed by atoms with E-state index >= 15 is 0 Å². The second kappa shape index (κ2) is 6.11. The molecule has 0 rings (SSSR count). The molecule has 0 saturated carbocycles. The molecule has 0 aliphatic rings. The van der Waals surface area contributed by atoms with Gasteiger partial charge in [-0.25, -0.2) is 0 Å². The average molecular weight is 240 g/mol. The molecule has 0 atom stereocenters. The van der Waals surface area contributed by atoms with Crippen LogP contribution in [0.1, 0.15) is 0 Å². The molecule has 0 radical (unpaired) electrons. The van der Waals surface area contributed by atoms with Gasteiger partial charge >= 0.3 is 0 Å². The lowest BCUT2D eigenvalue weighted by molar-refractivity contribution is 0.690. The minimum absolute atomic E-state index is 0.611. The van der Waals surface area contributed by atoms with E-state index in [1.807, 2.05) is 0 Å². The van der Waals surface area contributed by atoms with Crippen LogP contribution in [0, 0.1) is 0 Å². The molecule has 0 aliphatic carbocycles. The summed E-state index contributed by atoms with van der Waals surface area (Å²) in [6.45, 7) is 14.1. The maximum Gasteiger partial charge on any atom is 0.109 e. The van der Waals surface area contributed by atoms with Crippen LogP contribution in [0.25, 0.3) is 0 Å². The van der Waals surface area contributed by atoms with Crippen molar-refractivity contribution in [2.75, 3.05) is 12.5 Å². The SMILES string of the molecule is CS(C)=O.C[Si](C)(C)N[Si](C)(C)C. The summed E-state index contributed by atoms with van der Waals surface area (Å²) in [7, 11) is -2.57. The summed E-state index contributed by atoms with van der Waals surface area (Å²) in [5, 5.41) is 0. The van der Waals surface area contributed by atoms with E-state index in [2.05, 4.69) is 43.9 Å². The maximum absolute atomic E-state index is 9.56. The van der Waals surface area contributed by atoms with Gasteiger partial charge in [-0.1, -0.05) is 39.3 Å². The highest BCUT2D eigenvalue weighted by atomic mass is 32.2. The summed E-state index contributed by atoms with van der Waals surface area (Å²) < 4.78 is 13.3. The fourth-order valence-electron chi connectivity index (χ4n) is 1.12. The minimum atomic E-state index is -0.981. The summed E-state index contributed by atoms with van der Waals surface area (Å²) in [5.74, 6) is 0. The molecule has 0 bridgehead atoms. The Morgan fingerprint density at radius 3 is 1.00 bits per heavy atom. The molecule has 0 heterocycles. The van der Waals surface area contributed by atoms with Crippen molar-refractivity contribution < 1.29 is 4.21 Å². The van der Waals surface area contributed by atoms with Crippen molar-refractivity contribution in [1.82, 2.24) is 4.65 Å². The van der Waals surface area contributed by atoms with Crippen molar-refractivity contribution in [3.8, 4) is 0 Å². The first-order chi connectivity index (χ1) is 5.44. The molecule has 1 N–H and O–H groups in total. The smallest absolute Gasteiger partial charge is 0.109 e. The van der Waals surface area contributed by atoms with E-state index in [0.717, 1.165) is 0 Å². The van der Waals surface area contributed by atoms with Crippen LogP contribution in [-0.4, -0.2) is 33.2 Å². The van der Waals surface area contributed by atoms with E-state index in [1.165, 1.54) is 0 Å². The first-order valence-electron chi connectivity index (χ1n) is 4.48. The Morgan fingerprint density at radius 1 is 0.846 bits per heavy atom. The highest BCUT2D eigenvalue weighted by Crippen LogP contribution is 2.02. The molecule has 2 nitrogen and oxygen atoms in total. The number of hydrogen-bond acceptors (Lipinski definition) is 2. The minimum Gasteiger partial charge on any atom is -0.360 e. The largest absolute Gasteiger partial charge is 0.360 e. The van der Waals surface area contributed by atoms with Gasteiger partial charge < -0.3 is 4.65 Å². The number of nitrogens with one attached hydrogen (secondary N) is 1. The molecule has 5 heteroatoms. The predicted molar refractivity (Wildman–Crippen MR) is 69.8 cm³/mol. The van der Waals surface area contributed by atoms with Gasteiger partial charge in [-0.05, 0) is 0 Å². The van der Waals surface area contributed by atoms with Crippen molar-refractivity contribution in [3.63, 3.8) is 0 Å². The standard InChI is InChI=1S/C6H19NSi2.C2H6OS/c1-8(2,3)7-9(4,5)6;1-4(2)3/h7H,1-6H3;1-2H3. The van der Waals surface area contributed by atoms with Crippen LogP contribution in [-0.2, 0) is 10.8 Å². The molecular weight excluding hydrogens is 214 g/mol. The lowest BCUT2D eigenvalue weighted by atomic mass is 11.8. The van der Waals surface area contributed by atoms with Gasteiger partial charge in [0.05, 0.1) is 0 Å². The van der Waals surface area contributed by atoms with Crippen molar-refractivity contribution in [2.24, 2.45) is 0 Å². The van der Waals surface area contributed by atoms with Crippen LogP contribution in [0.4, 0.5) is 0 Å². The molecule has 0 aromatic carbocycles. The molecule has 0 saturated heterocycles. The van der Waals surface area contributed by atoms with Crippen LogP contribution in [0.5, 0.6) is 0 Å². The Morgan fingerprint density at radius 2 is 1.00 bits per heavy atom. The summed E-state index contributed by atoms with van der Waals surface area (Å²) in [4.78, 5) is 0. The highest BCUT2D eigenvalue weighted by molar-refractivity contribution is 7.83. The molecule has 0 aromatic rings. The second-order valence-electron chi connectivity index (χ2n) is 5.37. The zero-order chi connectivity index (χ0) is 11.3. The molecular formula is C8H25NOSSi2. The molecule has 0 spiro atoms. The molecule has 0 aliphatic heterocycles. The van der Waals surface area contributed by atoms with Gasteiger partial charge in [-0.3, -0.25) is 4.21 Å². The molecule has 82 valence electrons. The lowest BCUT2D eigenvalue weighted by Gasteiger charge is -2.28. The molecule has 0 amide bonds. The zero-order valence-corrected chi connectivity index (χ0v) is 13.1. The first-order valence-corrected chi connectivity index (χ1v) is 13.4. The zero-order valence-electron chi connectivity index (χ0n) is 10.3. The molecule has 13 heavy (non-hydrogen) atoms.